The number of halogens is 1. The van der Waals surface area contributed by atoms with Crippen molar-refractivity contribution in [1.82, 2.24) is 4.90 Å². The molecule has 0 aromatic heterocycles. The number of carbonyl (C=O) groups excluding carboxylic acids is 2. The number of hydrogen-bond acceptors (Lipinski definition) is 4. The highest BCUT2D eigenvalue weighted by molar-refractivity contribution is 6.46. The third kappa shape index (κ3) is 3.36. The van der Waals surface area contributed by atoms with E-state index in [-0.39, 0.29) is 17.4 Å². The molecule has 1 N–H and O–H groups in total. The van der Waals surface area contributed by atoms with Crippen LogP contribution in [0.1, 0.15) is 48.4 Å². The first-order valence-electron chi connectivity index (χ1n) is 10.1. The van der Waals surface area contributed by atoms with E-state index in [2.05, 4.69) is 0 Å². The van der Waals surface area contributed by atoms with Crippen LogP contribution in [0.15, 0.2) is 48.0 Å². The number of ether oxygens (including phenoxy) is 1. The van der Waals surface area contributed by atoms with Crippen LogP contribution in [0.5, 0.6) is 5.75 Å². The van der Waals surface area contributed by atoms with Crippen LogP contribution in [0.4, 0.5) is 4.39 Å². The second-order valence-corrected chi connectivity index (χ2v) is 7.89. The first kappa shape index (κ1) is 20.1. The minimum Gasteiger partial charge on any atom is -0.507 e. The maximum atomic E-state index is 13.7. The third-order valence-electron chi connectivity index (χ3n) is 6.04. The number of nitrogens with zero attached hydrogens (tertiary/aromatic N) is 1. The van der Waals surface area contributed by atoms with E-state index in [1.165, 1.54) is 18.2 Å². The Hall–Kier alpha value is -3.15. The fourth-order valence-electron chi connectivity index (χ4n) is 4.50. The molecule has 30 heavy (non-hydrogen) atoms. The Morgan fingerprint density at radius 1 is 1.13 bits per heavy atom. The highest BCUT2D eigenvalue weighted by atomic mass is 19.1. The zero-order valence-corrected chi connectivity index (χ0v) is 17.0. The zero-order chi connectivity index (χ0) is 21.4. The van der Waals surface area contributed by atoms with Crippen LogP contribution in [0.2, 0.25) is 0 Å². The normalized spacial score (nSPS) is 21.4. The predicted molar refractivity (Wildman–Crippen MR) is 111 cm³/mol. The number of methoxy groups -OCH3 is 1. The summed E-state index contributed by atoms with van der Waals surface area (Å²) in [6.07, 6.45) is 3.64. The van der Waals surface area contributed by atoms with Crippen molar-refractivity contribution in [1.29, 1.82) is 0 Å². The largest absolute Gasteiger partial charge is 0.507 e. The molecule has 1 aliphatic carbocycles. The number of ketones is 1. The molecule has 1 saturated carbocycles. The molecule has 6 heteroatoms. The molecule has 1 unspecified atom stereocenters. The molecule has 0 radical (unpaired) electrons. The molecule has 2 aromatic rings. The Labute approximate surface area is 174 Å². The molecule has 1 saturated heterocycles. The van der Waals surface area contributed by atoms with Gasteiger partial charge in [-0.1, -0.05) is 25.0 Å². The van der Waals surface area contributed by atoms with Gasteiger partial charge in [0.2, 0.25) is 0 Å². The van der Waals surface area contributed by atoms with E-state index in [0.717, 1.165) is 25.7 Å². The molecule has 0 bridgehead atoms. The quantitative estimate of drug-likeness (QED) is 0.458. The molecule has 1 amide bonds. The van der Waals surface area contributed by atoms with Crippen molar-refractivity contribution in [2.75, 3.05) is 7.11 Å². The minimum atomic E-state index is -0.714. The summed E-state index contributed by atoms with van der Waals surface area (Å²) in [7, 11) is 1.55. The van der Waals surface area contributed by atoms with Gasteiger partial charge in [-0.15, -0.1) is 0 Å². The number of aliphatic hydroxyl groups is 1. The topological polar surface area (TPSA) is 66.8 Å². The monoisotopic (exact) mass is 409 g/mol. The van der Waals surface area contributed by atoms with Gasteiger partial charge >= 0.3 is 0 Å². The first-order chi connectivity index (χ1) is 14.4. The van der Waals surface area contributed by atoms with Crippen molar-refractivity contribution in [3.8, 4) is 5.75 Å². The van der Waals surface area contributed by atoms with Crippen molar-refractivity contribution in [2.45, 2.75) is 44.7 Å². The van der Waals surface area contributed by atoms with E-state index in [4.69, 9.17) is 4.74 Å². The molecule has 0 spiro atoms. The fourth-order valence-corrected chi connectivity index (χ4v) is 4.50. The van der Waals surface area contributed by atoms with Crippen LogP contribution in [0, 0.1) is 12.7 Å². The van der Waals surface area contributed by atoms with Crippen LogP contribution in [-0.2, 0) is 9.59 Å². The standard InChI is InChI=1S/C24H24FNO4/c1-14-12-16(10-11-19(14)25)22(27)20-21(15-6-5-9-18(13-15)30-2)26(24(29)23(20)28)17-7-3-4-8-17/h5-6,9-13,17,21,27H,3-4,7-8H2,1-2H3/b22-20-. The number of benzene rings is 2. The highest BCUT2D eigenvalue weighted by Crippen LogP contribution is 2.44. The van der Waals surface area contributed by atoms with E-state index in [9.17, 15) is 19.1 Å². The van der Waals surface area contributed by atoms with Gasteiger partial charge in [-0.2, -0.15) is 0 Å². The first-order valence-corrected chi connectivity index (χ1v) is 10.1. The van der Waals surface area contributed by atoms with Gasteiger partial charge < -0.3 is 14.7 Å². The van der Waals surface area contributed by atoms with E-state index < -0.39 is 23.5 Å². The maximum Gasteiger partial charge on any atom is 0.295 e. The van der Waals surface area contributed by atoms with Gasteiger partial charge in [-0.25, -0.2) is 4.39 Å². The van der Waals surface area contributed by atoms with Crippen LogP contribution in [0.25, 0.3) is 5.76 Å². The average molecular weight is 409 g/mol. The van der Waals surface area contributed by atoms with Gasteiger partial charge in [0.25, 0.3) is 11.7 Å². The second-order valence-electron chi connectivity index (χ2n) is 7.89. The molecule has 2 fully saturated rings. The number of hydrogen-bond donors (Lipinski definition) is 1. The summed E-state index contributed by atoms with van der Waals surface area (Å²) in [6.45, 7) is 1.59. The number of Topliss-reactive ketones (excluding diaryl/α,β-unsaturated/α-hetero) is 1. The van der Waals surface area contributed by atoms with Gasteiger partial charge in [-0.05, 0) is 61.2 Å². The number of aliphatic hydroxyl groups excluding tert-OH is 1. The summed E-state index contributed by atoms with van der Waals surface area (Å²) in [5.74, 6) is -1.40. The Morgan fingerprint density at radius 2 is 1.87 bits per heavy atom. The molecule has 1 heterocycles. The van der Waals surface area contributed by atoms with Gasteiger partial charge in [0.05, 0.1) is 18.7 Å². The zero-order valence-electron chi connectivity index (χ0n) is 17.0. The summed E-state index contributed by atoms with van der Waals surface area (Å²) in [6, 6.07) is 10.6. The number of likely N-dealkylation sites (tertiary alicyclic amines) is 1. The van der Waals surface area contributed by atoms with Gasteiger partial charge in [0.1, 0.15) is 17.3 Å². The summed E-state index contributed by atoms with van der Waals surface area (Å²) in [5.41, 5.74) is 1.39. The molecule has 4 rings (SSSR count). The van der Waals surface area contributed by atoms with Crippen molar-refractivity contribution in [3.05, 3.63) is 70.5 Å². The number of amides is 1. The van der Waals surface area contributed by atoms with Crippen molar-refractivity contribution in [3.63, 3.8) is 0 Å². The van der Waals surface area contributed by atoms with Crippen molar-refractivity contribution < 1.29 is 23.8 Å². The molecule has 5 nitrogen and oxygen atoms in total. The molecular weight excluding hydrogens is 385 g/mol. The van der Waals surface area contributed by atoms with Gasteiger partial charge in [0.15, 0.2) is 0 Å². The smallest absolute Gasteiger partial charge is 0.295 e. The second kappa shape index (κ2) is 7.94. The lowest BCUT2D eigenvalue weighted by Gasteiger charge is -2.31. The minimum absolute atomic E-state index is 0.0335. The lowest BCUT2D eigenvalue weighted by atomic mass is 9.94. The molecule has 2 aromatic carbocycles. The summed E-state index contributed by atoms with van der Waals surface area (Å²) < 4.78 is 19.1. The van der Waals surface area contributed by atoms with E-state index in [0.29, 0.717) is 22.4 Å². The summed E-state index contributed by atoms with van der Waals surface area (Å²) in [5, 5.41) is 11.1. The summed E-state index contributed by atoms with van der Waals surface area (Å²) in [4.78, 5) is 27.7. The molecule has 1 atom stereocenters. The van der Waals surface area contributed by atoms with Gasteiger partial charge in [0, 0.05) is 11.6 Å². The highest BCUT2D eigenvalue weighted by Gasteiger charge is 2.49. The maximum absolute atomic E-state index is 13.7. The molecule has 2 aliphatic rings. The van der Waals surface area contributed by atoms with E-state index >= 15 is 0 Å². The van der Waals surface area contributed by atoms with Crippen molar-refractivity contribution >= 4 is 17.4 Å². The summed E-state index contributed by atoms with van der Waals surface area (Å²) >= 11 is 0. The fraction of sp³-hybridized carbons (Fsp3) is 0.333. The number of aryl methyl sites for hydroxylation is 1. The lowest BCUT2D eigenvalue weighted by Crippen LogP contribution is -2.37. The lowest BCUT2D eigenvalue weighted by molar-refractivity contribution is -0.141. The SMILES string of the molecule is COc1cccc(C2/C(=C(/O)c3ccc(F)c(C)c3)C(=O)C(=O)N2C2CCCC2)c1. The number of rotatable bonds is 4. The Morgan fingerprint density at radius 3 is 2.53 bits per heavy atom. The predicted octanol–water partition coefficient (Wildman–Crippen LogP) is 4.51. The Kier molecular flexibility index (Phi) is 5.33. The van der Waals surface area contributed by atoms with E-state index in [1.807, 2.05) is 6.07 Å². The van der Waals surface area contributed by atoms with Crippen LogP contribution < -0.4 is 4.74 Å². The molecule has 1 aliphatic heterocycles. The Balaban J connectivity index is 1.90. The van der Waals surface area contributed by atoms with Crippen LogP contribution >= 0.6 is 0 Å². The average Bonchev–Trinajstić information content (AvgIpc) is 3.36. The third-order valence-corrected chi connectivity index (χ3v) is 6.04. The Bertz CT molecular complexity index is 1040. The van der Waals surface area contributed by atoms with E-state index in [1.54, 1.807) is 37.1 Å². The number of carbonyl (C=O) groups is 2. The van der Waals surface area contributed by atoms with Crippen LogP contribution in [-0.4, -0.2) is 34.8 Å². The molecular formula is C24H24FNO4. The van der Waals surface area contributed by atoms with Crippen LogP contribution in [0.3, 0.4) is 0 Å². The molecule has 156 valence electrons. The van der Waals surface area contributed by atoms with Gasteiger partial charge in [-0.3, -0.25) is 9.59 Å². The van der Waals surface area contributed by atoms with Crippen molar-refractivity contribution in [2.24, 2.45) is 0 Å².